The lowest BCUT2D eigenvalue weighted by Gasteiger charge is -2.18. The highest BCUT2D eigenvalue weighted by molar-refractivity contribution is 5.89. The van der Waals surface area contributed by atoms with Gasteiger partial charge in [0.2, 0.25) is 6.79 Å². The van der Waals surface area contributed by atoms with Crippen LogP contribution in [0.15, 0.2) is 42.5 Å². The third kappa shape index (κ3) is 5.35. The van der Waals surface area contributed by atoms with Gasteiger partial charge < -0.3 is 29.2 Å². The number of carbonyl (C=O) groups excluding carboxylic acids is 1. The van der Waals surface area contributed by atoms with Crippen LogP contribution in [0, 0.1) is 0 Å². The summed E-state index contributed by atoms with van der Waals surface area (Å²) in [5.74, 6) is 1.44. The molecule has 0 unspecified atom stereocenters. The predicted octanol–water partition coefficient (Wildman–Crippen LogP) is 3.24. The second kappa shape index (κ2) is 9.25. The van der Waals surface area contributed by atoms with Crippen LogP contribution in [0.3, 0.4) is 0 Å². The molecule has 0 aliphatic carbocycles. The minimum absolute atomic E-state index is 0.190. The number of nitrogens with one attached hydrogen (secondary N) is 1. The molecule has 0 aromatic heterocycles. The highest BCUT2D eigenvalue weighted by atomic mass is 16.7. The summed E-state index contributed by atoms with van der Waals surface area (Å²) in [5.41, 5.74) is 2.69. The number of fused-ring (bicyclic) bond motifs is 1. The van der Waals surface area contributed by atoms with Gasteiger partial charge >= 0.3 is 6.03 Å². The highest BCUT2D eigenvalue weighted by Crippen LogP contribution is 2.32. The van der Waals surface area contributed by atoms with E-state index in [1.165, 1.54) is 0 Å². The van der Waals surface area contributed by atoms with Crippen LogP contribution in [0.1, 0.15) is 11.1 Å². The Labute approximate surface area is 158 Å². The zero-order valence-electron chi connectivity index (χ0n) is 15.6. The Bertz CT molecular complexity index is 781. The van der Waals surface area contributed by atoms with Gasteiger partial charge in [-0.3, -0.25) is 0 Å². The van der Waals surface area contributed by atoms with E-state index in [1.807, 2.05) is 42.5 Å². The molecule has 144 valence electrons. The summed E-state index contributed by atoms with van der Waals surface area (Å²) < 4.78 is 21.1. The van der Waals surface area contributed by atoms with Crippen LogP contribution in [-0.2, 0) is 22.6 Å². The maximum atomic E-state index is 12.5. The monoisotopic (exact) mass is 372 g/mol. The smallest absolute Gasteiger partial charge is 0.321 e. The summed E-state index contributed by atoms with van der Waals surface area (Å²) in [6.07, 6.45) is 0. The Hall–Kier alpha value is -2.77. The van der Waals surface area contributed by atoms with Crippen molar-refractivity contribution in [2.75, 3.05) is 39.5 Å². The summed E-state index contributed by atoms with van der Waals surface area (Å²) in [6, 6.07) is 13.1. The number of amides is 2. The molecule has 7 heteroatoms. The van der Waals surface area contributed by atoms with Crippen LogP contribution >= 0.6 is 0 Å². The molecular weight excluding hydrogens is 348 g/mol. The number of ether oxygens (including phenoxy) is 4. The number of benzene rings is 2. The van der Waals surface area contributed by atoms with Crippen molar-refractivity contribution in [2.45, 2.75) is 13.2 Å². The van der Waals surface area contributed by atoms with E-state index < -0.39 is 0 Å². The Kier molecular flexibility index (Phi) is 6.51. The Balaban J connectivity index is 1.53. The molecule has 7 nitrogen and oxygen atoms in total. The SMILES string of the molecule is COCCOCc1cccc(NC(=O)N(C)Cc2ccc3c(c2)OCO3)c1. The van der Waals surface area contributed by atoms with Crippen LogP contribution in [0.25, 0.3) is 0 Å². The van der Waals surface area contributed by atoms with Crippen LogP contribution in [0.4, 0.5) is 10.5 Å². The van der Waals surface area contributed by atoms with Crippen molar-refractivity contribution in [3.63, 3.8) is 0 Å². The lowest BCUT2D eigenvalue weighted by Crippen LogP contribution is -2.30. The van der Waals surface area contributed by atoms with Gasteiger partial charge in [0.25, 0.3) is 0 Å². The number of nitrogens with zero attached hydrogens (tertiary/aromatic N) is 1. The van der Waals surface area contributed by atoms with Crippen molar-refractivity contribution in [3.05, 3.63) is 53.6 Å². The summed E-state index contributed by atoms with van der Waals surface area (Å²) >= 11 is 0. The number of rotatable bonds is 8. The van der Waals surface area contributed by atoms with Gasteiger partial charge in [-0.15, -0.1) is 0 Å². The van der Waals surface area contributed by atoms with Gasteiger partial charge in [-0.1, -0.05) is 18.2 Å². The molecule has 27 heavy (non-hydrogen) atoms. The molecule has 0 saturated heterocycles. The van der Waals surface area contributed by atoms with Crippen molar-refractivity contribution in [2.24, 2.45) is 0 Å². The number of hydrogen-bond donors (Lipinski definition) is 1. The first-order valence-electron chi connectivity index (χ1n) is 8.72. The molecule has 0 saturated carbocycles. The first-order chi connectivity index (χ1) is 13.2. The molecule has 2 aromatic carbocycles. The maximum Gasteiger partial charge on any atom is 0.321 e. The fourth-order valence-electron chi connectivity index (χ4n) is 2.68. The van der Waals surface area contributed by atoms with E-state index in [2.05, 4.69) is 5.32 Å². The first kappa shape index (κ1) is 19.0. The third-order valence-electron chi connectivity index (χ3n) is 4.08. The van der Waals surface area contributed by atoms with Crippen molar-refractivity contribution >= 4 is 11.7 Å². The fraction of sp³-hybridized carbons (Fsp3) is 0.350. The van der Waals surface area contributed by atoms with Crippen LogP contribution in [-0.4, -0.2) is 45.1 Å². The van der Waals surface area contributed by atoms with E-state index in [1.54, 1.807) is 19.1 Å². The van der Waals surface area contributed by atoms with Crippen LogP contribution in [0.5, 0.6) is 11.5 Å². The average Bonchev–Trinajstić information content (AvgIpc) is 3.13. The number of methoxy groups -OCH3 is 1. The molecule has 0 bridgehead atoms. The molecule has 1 heterocycles. The van der Waals surface area contributed by atoms with Gasteiger partial charge in [0.15, 0.2) is 11.5 Å². The predicted molar refractivity (Wildman–Crippen MR) is 101 cm³/mol. The van der Waals surface area contributed by atoms with Crippen molar-refractivity contribution in [1.82, 2.24) is 4.90 Å². The van der Waals surface area contributed by atoms with Gasteiger partial charge in [0.1, 0.15) is 0 Å². The summed E-state index contributed by atoms with van der Waals surface area (Å²) in [5, 5.41) is 2.91. The highest BCUT2D eigenvalue weighted by Gasteiger charge is 2.15. The van der Waals surface area contributed by atoms with E-state index in [0.29, 0.717) is 32.1 Å². The molecule has 0 spiro atoms. The molecular formula is C20H24N2O5. The summed E-state index contributed by atoms with van der Waals surface area (Å²) in [7, 11) is 3.39. The largest absolute Gasteiger partial charge is 0.454 e. The number of urea groups is 1. The standard InChI is InChI=1S/C20H24N2O5/c1-22(12-15-6-7-18-19(11-15)27-14-26-18)20(23)21-17-5-3-4-16(10-17)13-25-9-8-24-2/h3-7,10-11H,8-9,12-14H2,1-2H3,(H,21,23). The van der Waals surface area contributed by atoms with Gasteiger partial charge in [-0.25, -0.2) is 4.79 Å². The van der Waals surface area contributed by atoms with Gasteiger partial charge in [0.05, 0.1) is 19.8 Å². The maximum absolute atomic E-state index is 12.5. The van der Waals surface area contributed by atoms with Gasteiger partial charge in [-0.2, -0.15) is 0 Å². The first-order valence-corrected chi connectivity index (χ1v) is 8.72. The summed E-state index contributed by atoms with van der Waals surface area (Å²) in [6.45, 7) is 2.26. The fourth-order valence-corrected chi connectivity index (χ4v) is 2.68. The molecule has 1 N–H and O–H groups in total. The molecule has 1 aliphatic rings. The molecule has 0 fully saturated rings. The van der Waals surface area contributed by atoms with Crippen LogP contribution in [0.2, 0.25) is 0 Å². The minimum atomic E-state index is -0.190. The van der Waals surface area contributed by atoms with Gasteiger partial charge in [0, 0.05) is 26.4 Å². The average molecular weight is 372 g/mol. The molecule has 3 rings (SSSR count). The van der Waals surface area contributed by atoms with E-state index in [4.69, 9.17) is 18.9 Å². The minimum Gasteiger partial charge on any atom is -0.454 e. The lowest BCUT2D eigenvalue weighted by molar-refractivity contribution is 0.0617. The zero-order valence-corrected chi connectivity index (χ0v) is 15.6. The Morgan fingerprint density at radius 2 is 1.96 bits per heavy atom. The second-order valence-corrected chi connectivity index (χ2v) is 6.22. The topological polar surface area (TPSA) is 69.3 Å². The normalized spacial score (nSPS) is 12.1. The quantitative estimate of drug-likeness (QED) is 0.721. The Morgan fingerprint density at radius 1 is 1.11 bits per heavy atom. The molecule has 1 aliphatic heterocycles. The van der Waals surface area contributed by atoms with Crippen molar-refractivity contribution in [3.8, 4) is 11.5 Å². The van der Waals surface area contributed by atoms with Gasteiger partial charge in [-0.05, 0) is 35.4 Å². The van der Waals surface area contributed by atoms with E-state index in [9.17, 15) is 4.79 Å². The van der Waals surface area contributed by atoms with Crippen molar-refractivity contribution in [1.29, 1.82) is 0 Å². The van der Waals surface area contributed by atoms with E-state index >= 15 is 0 Å². The molecule has 2 aromatic rings. The van der Waals surface area contributed by atoms with E-state index in [-0.39, 0.29) is 12.8 Å². The summed E-state index contributed by atoms with van der Waals surface area (Å²) in [4.78, 5) is 14.1. The van der Waals surface area contributed by atoms with Crippen LogP contribution < -0.4 is 14.8 Å². The number of hydrogen-bond acceptors (Lipinski definition) is 5. The lowest BCUT2D eigenvalue weighted by atomic mass is 10.2. The zero-order chi connectivity index (χ0) is 19.1. The van der Waals surface area contributed by atoms with E-state index in [0.717, 1.165) is 22.6 Å². The molecule has 0 atom stereocenters. The second-order valence-electron chi connectivity index (χ2n) is 6.22. The number of carbonyl (C=O) groups is 1. The number of anilines is 1. The molecule has 0 radical (unpaired) electrons. The Morgan fingerprint density at radius 3 is 2.81 bits per heavy atom. The third-order valence-corrected chi connectivity index (χ3v) is 4.08. The van der Waals surface area contributed by atoms with Crippen molar-refractivity contribution < 1.29 is 23.7 Å². The molecule has 2 amide bonds.